The Labute approximate surface area is 177 Å². The molecule has 1 amide bonds. The first-order valence-electron chi connectivity index (χ1n) is 10.5. The van der Waals surface area contributed by atoms with Crippen molar-refractivity contribution in [2.45, 2.75) is 30.7 Å². The number of amides is 1. The van der Waals surface area contributed by atoms with Crippen molar-refractivity contribution >= 4 is 23.5 Å². The van der Waals surface area contributed by atoms with Crippen LogP contribution in [-0.4, -0.2) is 54.5 Å². The van der Waals surface area contributed by atoms with E-state index in [0.29, 0.717) is 5.56 Å². The second-order valence-corrected chi connectivity index (χ2v) is 8.82. The number of hydrogen-bond acceptors (Lipinski definition) is 5. The molecule has 4 rings (SSSR count). The predicted molar refractivity (Wildman–Crippen MR) is 118 cm³/mol. The van der Waals surface area contributed by atoms with Gasteiger partial charge in [0, 0.05) is 35.8 Å². The van der Waals surface area contributed by atoms with E-state index < -0.39 is 0 Å². The molecule has 0 saturated carbocycles. The van der Waals surface area contributed by atoms with Crippen LogP contribution in [0.25, 0.3) is 0 Å². The van der Waals surface area contributed by atoms with E-state index in [4.69, 9.17) is 4.74 Å². The molecule has 2 saturated heterocycles. The van der Waals surface area contributed by atoms with Gasteiger partial charge in [0.1, 0.15) is 0 Å². The quantitative estimate of drug-likeness (QED) is 0.720. The van der Waals surface area contributed by atoms with Gasteiger partial charge in [0.25, 0.3) is 5.91 Å². The van der Waals surface area contributed by atoms with Crippen molar-refractivity contribution in [3.05, 3.63) is 59.7 Å². The third kappa shape index (κ3) is 6.06. The lowest BCUT2D eigenvalue weighted by Crippen LogP contribution is -2.30. The van der Waals surface area contributed by atoms with Crippen LogP contribution in [0.1, 0.15) is 35.2 Å². The minimum Gasteiger partial charge on any atom is -0.379 e. The van der Waals surface area contributed by atoms with E-state index in [1.807, 2.05) is 24.3 Å². The van der Waals surface area contributed by atoms with E-state index in [1.165, 1.54) is 42.8 Å². The van der Waals surface area contributed by atoms with Gasteiger partial charge in [-0.3, -0.25) is 9.69 Å². The van der Waals surface area contributed by atoms with Crippen molar-refractivity contribution in [1.29, 1.82) is 0 Å². The maximum Gasteiger partial charge on any atom is 0.255 e. The molecule has 0 spiro atoms. The summed E-state index contributed by atoms with van der Waals surface area (Å²) in [4.78, 5) is 16.2. The summed E-state index contributed by atoms with van der Waals surface area (Å²) in [6, 6.07) is 16.0. The Morgan fingerprint density at radius 3 is 2.28 bits per heavy atom. The van der Waals surface area contributed by atoms with Gasteiger partial charge in [0.05, 0.1) is 13.2 Å². The average molecular weight is 412 g/mol. The smallest absolute Gasteiger partial charge is 0.255 e. The summed E-state index contributed by atoms with van der Waals surface area (Å²) in [5.74, 6) is -0.0666. The second-order valence-electron chi connectivity index (χ2n) is 7.64. The van der Waals surface area contributed by atoms with Crippen molar-refractivity contribution in [1.82, 2.24) is 9.21 Å². The maximum atomic E-state index is 12.6. The highest BCUT2D eigenvalue weighted by Crippen LogP contribution is 2.25. The number of morpholine rings is 1. The van der Waals surface area contributed by atoms with Crippen LogP contribution >= 0.6 is 11.9 Å². The van der Waals surface area contributed by atoms with E-state index >= 15 is 0 Å². The molecule has 2 aliphatic heterocycles. The Bertz CT molecular complexity index is 783. The first-order chi connectivity index (χ1) is 14.3. The largest absolute Gasteiger partial charge is 0.379 e. The summed E-state index contributed by atoms with van der Waals surface area (Å²) in [6.07, 6.45) is 3.94. The van der Waals surface area contributed by atoms with Crippen LogP contribution in [0.4, 0.5) is 5.69 Å². The summed E-state index contributed by atoms with van der Waals surface area (Å²) in [5.41, 5.74) is 2.78. The second kappa shape index (κ2) is 10.3. The fourth-order valence-electron chi connectivity index (χ4n) is 3.73. The molecule has 0 radical (unpaired) electrons. The molecule has 2 aromatic carbocycles. The summed E-state index contributed by atoms with van der Waals surface area (Å²) in [7, 11) is 0. The van der Waals surface area contributed by atoms with Crippen LogP contribution in [0.3, 0.4) is 0 Å². The Kier molecular flexibility index (Phi) is 7.22. The molecule has 29 heavy (non-hydrogen) atoms. The van der Waals surface area contributed by atoms with E-state index in [1.54, 1.807) is 11.9 Å². The summed E-state index contributed by atoms with van der Waals surface area (Å²) in [5, 5.41) is 3.00. The Morgan fingerprint density at radius 1 is 0.897 bits per heavy atom. The number of hydrogen-bond donors (Lipinski definition) is 1. The Morgan fingerprint density at radius 2 is 1.59 bits per heavy atom. The molecular weight excluding hydrogens is 382 g/mol. The average Bonchev–Trinajstić information content (AvgIpc) is 2.77. The molecule has 0 bridgehead atoms. The predicted octanol–water partition coefficient (Wildman–Crippen LogP) is 4.26. The molecule has 0 atom stereocenters. The van der Waals surface area contributed by atoms with Crippen LogP contribution in [0.5, 0.6) is 0 Å². The summed E-state index contributed by atoms with van der Waals surface area (Å²) < 4.78 is 7.69. The molecule has 2 aliphatic rings. The van der Waals surface area contributed by atoms with E-state index in [2.05, 4.69) is 38.8 Å². The number of rotatable bonds is 6. The standard InChI is InChI=1S/C23H29N3O2S/c27-23(20-6-4-19(5-7-20)18-25-12-2-1-3-13-25)24-21-8-10-22(11-9-21)29-26-14-16-28-17-15-26/h4-11H,1-3,12-18H2,(H,24,27). The molecular formula is C23H29N3O2S. The molecule has 0 aromatic heterocycles. The monoisotopic (exact) mass is 411 g/mol. The molecule has 2 heterocycles. The molecule has 6 heteroatoms. The van der Waals surface area contributed by atoms with Crippen molar-refractivity contribution in [3.63, 3.8) is 0 Å². The van der Waals surface area contributed by atoms with Gasteiger partial charge in [-0.05, 0) is 79.8 Å². The van der Waals surface area contributed by atoms with Gasteiger partial charge in [-0.2, -0.15) is 0 Å². The van der Waals surface area contributed by atoms with Gasteiger partial charge in [-0.1, -0.05) is 18.6 Å². The van der Waals surface area contributed by atoms with Crippen LogP contribution in [0.15, 0.2) is 53.4 Å². The topological polar surface area (TPSA) is 44.8 Å². The van der Waals surface area contributed by atoms with Crippen LogP contribution in [0.2, 0.25) is 0 Å². The van der Waals surface area contributed by atoms with Crippen molar-refractivity contribution in [2.24, 2.45) is 0 Å². The van der Waals surface area contributed by atoms with Gasteiger partial charge in [-0.15, -0.1) is 0 Å². The number of carbonyl (C=O) groups is 1. The molecule has 154 valence electrons. The SMILES string of the molecule is O=C(Nc1ccc(SN2CCOCC2)cc1)c1ccc(CN2CCCCC2)cc1. The molecule has 0 unspecified atom stereocenters. The third-order valence-electron chi connectivity index (χ3n) is 5.39. The first kappa shape index (κ1) is 20.4. The van der Waals surface area contributed by atoms with Crippen LogP contribution in [0, 0.1) is 0 Å². The highest BCUT2D eigenvalue weighted by atomic mass is 32.2. The fraction of sp³-hybridized carbons (Fsp3) is 0.435. The number of nitrogens with one attached hydrogen (secondary N) is 1. The van der Waals surface area contributed by atoms with E-state index in [0.717, 1.165) is 38.5 Å². The minimum absolute atomic E-state index is 0.0666. The van der Waals surface area contributed by atoms with Crippen LogP contribution in [-0.2, 0) is 11.3 Å². The van der Waals surface area contributed by atoms with Crippen LogP contribution < -0.4 is 5.32 Å². The van der Waals surface area contributed by atoms with E-state index in [9.17, 15) is 4.79 Å². The minimum atomic E-state index is -0.0666. The number of benzene rings is 2. The van der Waals surface area contributed by atoms with E-state index in [-0.39, 0.29) is 5.91 Å². The number of carbonyl (C=O) groups excluding carboxylic acids is 1. The lowest BCUT2D eigenvalue weighted by molar-refractivity contribution is 0.0773. The fourth-order valence-corrected chi connectivity index (χ4v) is 4.61. The number of nitrogens with zero attached hydrogens (tertiary/aromatic N) is 2. The zero-order valence-corrected chi connectivity index (χ0v) is 17.6. The Hall–Kier alpha value is -1.86. The third-order valence-corrected chi connectivity index (χ3v) is 6.49. The number of likely N-dealkylation sites (tertiary alicyclic amines) is 1. The van der Waals surface area contributed by atoms with Gasteiger partial charge in [0.15, 0.2) is 0 Å². The maximum absolute atomic E-state index is 12.6. The van der Waals surface area contributed by atoms with Gasteiger partial charge in [0.2, 0.25) is 0 Å². The van der Waals surface area contributed by atoms with Gasteiger partial charge < -0.3 is 10.1 Å². The van der Waals surface area contributed by atoms with Gasteiger partial charge >= 0.3 is 0 Å². The number of ether oxygens (including phenoxy) is 1. The normalized spacial score (nSPS) is 18.5. The van der Waals surface area contributed by atoms with Crippen molar-refractivity contribution in [2.75, 3.05) is 44.7 Å². The lowest BCUT2D eigenvalue weighted by Gasteiger charge is -2.26. The molecule has 0 aliphatic carbocycles. The molecule has 5 nitrogen and oxygen atoms in total. The zero-order chi connectivity index (χ0) is 19.9. The van der Waals surface area contributed by atoms with Crippen molar-refractivity contribution < 1.29 is 9.53 Å². The summed E-state index contributed by atoms with van der Waals surface area (Å²) in [6.45, 7) is 6.80. The number of anilines is 1. The zero-order valence-electron chi connectivity index (χ0n) is 16.8. The first-order valence-corrected chi connectivity index (χ1v) is 11.3. The Balaban J connectivity index is 1.29. The highest BCUT2D eigenvalue weighted by molar-refractivity contribution is 7.97. The van der Waals surface area contributed by atoms with Crippen molar-refractivity contribution in [3.8, 4) is 0 Å². The molecule has 1 N–H and O–H groups in total. The molecule has 2 fully saturated rings. The molecule has 2 aromatic rings. The van der Waals surface area contributed by atoms with Gasteiger partial charge in [-0.25, -0.2) is 4.31 Å². The highest BCUT2D eigenvalue weighted by Gasteiger charge is 2.13. The number of piperidine rings is 1. The summed E-state index contributed by atoms with van der Waals surface area (Å²) >= 11 is 1.74. The lowest BCUT2D eigenvalue weighted by atomic mass is 10.1.